The molecule has 0 bridgehead atoms. The van der Waals surface area contributed by atoms with Gasteiger partial charge in [0.15, 0.2) is 0 Å². The Morgan fingerprint density at radius 3 is 2.44 bits per heavy atom. The predicted molar refractivity (Wildman–Crippen MR) is 102 cm³/mol. The number of imide groups is 1. The fourth-order valence-electron chi connectivity index (χ4n) is 4.37. The number of ether oxygens (including phenoxy) is 1. The quantitative estimate of drug-likeness (QED) is 0.799. The fraction of sp³-hybridized carbons (Fsp3) is 0.364. The lowest BCUT2D eigenvalue weighted by Gasteiger charge is -2.53. The Morgan fingerprint density at radius 1 is 1.07 bits per heavy atom. The van der Waals surface area contributed by atoms with Crippen molar-refractivity contribution in [3.63, 3.8) is 0 Å². The van der Waals surface area contributed by atoms with Crippen LogP contribution in [-0.2, 0) is 14.9 Å². The molecule has 2 N–H and O–H groups in total. The smallest absolute Gasteiger partial charge is 0.322 e. The van der Waals surface area contributed by atoms with E-state index in [-0.39, 0.29) is 17.4 Å². The molecule has 2 aromatic carbocycles. The third-order valence-corrected chi connectivity index (χ3v) is 5.80. The third-order valence-electron chi connectivity index (χ3n) is 5.80. The van der Waals surface area contributed by atoms with E-state index in [2.05, 4.69) is 47.9 Å². The number of urea groups is 1. The number of rotatable bonds is 5. The van der Waals surface area contributed by atoms with Crippen molar-refractivity contribution in [1.82, 2.24) is 10.6 Å². The summed E-state index contributed by atoms with van der Waals surface area (Å²) in [5, 5.41) is 5.18. The van der Waals surface area contributed by atoms with Crippen molar-refractivity contribution in [3.05, 3.63) is 71.3 Å². The van der Waals surface area contributed by atoms with Crippen molar-refractivity contribution in [3.8, 4) is 0 Å². The second-order valence-electron chi connectivity index (χ2n) is 7.86. The fourth-order valence-corrected chi connectivity index (χ4v) is 4.37. The topological polar surface area (TPSA) is 67.4 Å². The Hall–Kier alpha value is -2.66. The van der Waals surface area contributed by atoms with Gasteiger partial charge in [-0.3, -0.25) is 10.1 Å². The average molecular weight is 364 g/mol. The van der Waals surface area contributed by atoms with Crippen LogP contribution < -0.4 is 10.6 Å². The molecule has 0 aromatic heterocycles. The van der Waals surface area contributed by atoms with Crippen LogP contribution in [-0.4, -0.2) is 24.1 Å². The van der Waals surface area contributed by atoms with E-state index in [1.807, 2.05) is 31.2 Å². The average Bonchev–Trinajstić information content (AvgIpc) is 2.93. The van der Waals surface area contributed by atoms with Crippen LogP contribution in [0.2, 0.25) is 0 Å². The molecule has 4 rings (SSSR count). The Bertz CT molecular complexity index is 872. The first-order valence-corrected chi connectivity index (χ1v) is 9.30. The molecule has 1 aliphatic heterocycles. The summed E-state index contributed by atoms with van der Waals surface area (Å²) < 4.78 is 6.27. The number of carbonyl (C=O) groups is 2. The third kappa shape index (κ3) is 3.12. The molecule has 2 fully saturated rings. The number of nitrogens with one attached hydrogen (secondary N) is 2. The molecule has 1 heterocycles. The zero-order chi connectivity index (χ0) is 19.1. The summed E-state index contributed by atoms with van der Waals surface area (Å²) >= 11 is 0. The van der Waals surface area contributed by atoms with Crippen LogP contribution in [0.5, 0.6) is 0 Å². The second-order valence-corrected chi connectivity index (χ2v) is 7.86. The summed E-state index contributed by atoms with van der Waals surface area (Å²) in [6.07, 6.45) is 1.04. The molecule has 5 nitrogen and oxygen atoms in total. The number of benzene rings is 2. The number of hydrogen-bond acceptors (Lipinski definition) is 3. The molecule has 1 saturated heterocycles. The zero-order valence-corrected chi connectivity index (χ0v) is 15.6. The molecule has 3 amide bonds. The summed E-state index contributed by atoms with van der Waals surface area (Å²) in [5.74, 6) is -0.231. The van der Waals surface area contributed by atoms with Gasteiger partial charge in [0.1, 0.15) is 5.54 Å². The Morgan fingerprint density at radius 2 is 1.81 bits per heavy atom. The standard InChI is InChI=1S/C22H24N2O3/c1-15-7-6-8-17(11-15)16(2)27-14-21(18-9-4-3-5-10-18)12-22(13-21)19(25)23-20(26)24-22/h3-11,16H,12-14H2,1-2H3,(H2,23,24,25,26). The van der Waals surface area contributed by atoms with E-state index < -0.39 is 11.6 Å². The highest BCUT2D eigenvalue weighted by molar-refractivity contribution is 6.08. The van der Waals surface area contributed by atoms with Gasteiger partial charge in [-0.25, -0.2) is 4.79 Å². The van der Waals surface area contributed by atoms with Gasteiger partial charge < -0.3 is 10.1 Å². The van der Waals surface area contributed by atoms with Crippen LogP contribution in [0.1, 0.15) is 42.6 Å². The summed E-state index contributed by atoms with van der Waals surface area (Å²) in [7, 11) is 0. The van der Waals surface area contributed by atoms with Crippen LogP contribution in [0.3, 0.4) is 0 Å². The van der Waals surface area contributed by atoms with Crippen molar-refractivity contribution in [1.29, 1.82) is 0 Å². The largest absolute Gasteiger partial charge is 0.373 e. The van der Waals surface area contributed by atoms with Crippen LogP contribution in [0, 0.1) is 6.92 Å². The van der Waals surface area contributed by atoms with Gasteiger partial charge in [0.25, 0.3) is 5.91 Å². The minimum absolute atomic E-state index is 0.0472. The van der Waals surface area contributed by atoms with Gasteiger partial charge in [0.05, 0.1) is 12.7 Å². The Kier molecular flexibility index (Phi) is 4.27. The van der Waals surface area contributed by atoms with E-state index in [1.165, 1.54) is 5.56 Å². The SMILES string of the molecule is Cc1cccc(C(C)OCC2(c3ccccc3)CC3(C2)NC(=O)NC3=O)c1. The van der Waals surface area contributed by atoms with Gasteiger partial charge in [0.2, 0.25) is 0 Å². The Balaban J connectivity index is 1.54. The van der Waals surface area contributed by atoms with Crippen LogP contribution in [0.25, 0.3) is 0 Å². The molecule has 0 radical (unpaired) electrons. The summed E-state index contributed by atoms with van der Waals surface area (Å²) in [5.41, 5.74) is 2.39. The highest BCUT2D eigenvalue weighted by Gasteiger charge is 2.63. The first-order valence-electron chi connectivity index (χ1n) is 9.30. The number of aryl methyl sites for hydroxylation is 1. The normalized spacial score (nSPS) is 27.8. The first kappa shape index (κ1) is 17.7. The summed E-state index contributed by atoms with van der Waals surface area (Å²) in [4.78, 5) is 23.9. The number of hydrogen-bond donors (Lipinski definition) is 2. The van der Waals surface area contributed by atoms with Crippen molar-refractivity contribution in [2.24, 2.45) is 0 Å². The predicted octanol–water partition coefficient (Wildman–Crippen LogP) is 3.38. The molecular formula is C22H24N2O3. The van der Waals surface area contributed by atoms with Crippen LogP contribution >= 0.6 is 0 Å². The number of amides is 3. The van der Waals surface area contributed by atoms with E-state index in [1.54, 1.807) is 0 Å². The zero-order valence-electron chi connectivity index (χ0n) is 15.6. The van der Waals surface area contributed by atoms with Crippen molar-refractivity contribution >= 4 is 11.9 Å². The monoisotopic (exact) mass is 364 g/mol. The van der Waals surface area contributed by atoms with Crippen LogP contribution in [0.15, 0.2) is 54.6 Å². The van der Waals surface area contributed by atoms with E-state index >= 15 is 0 Å². The summed E-state index contributed by atoms with van der Waals surface area (Å²) in [6.45, 7) is 4.61. The van der Waals surface area contributed by atoms with Gasteiger partial charge in [-0.15, -0.1) is 0 Å². The maximum Gasteiger partial charge on any atom is 0.322 e. The number of carbonyl (C=O) groups excluding carboxylic acids is 2. The van der Waals surface area contributed by atoms with Gasteiger partial charge in [0, 0.05) is 5.41 Å². The second kappa shape index (κ2) is 6.50. The highest BCUT2D eigenvalue weighted by atomic mass is 16.5. The van der Waals surface area contributed by atoms with Crippen molar-refractivity contribution in [2.45, 2.75) is 43.7 Å². The lowest BCUT2D eigenvalue weighted by atomic mass is 9.54. The van der Waals surface area contributed by atoms with E-state index in [9.17, 15) is 9.59 Å². The molecule has 5 heteroatoms. The Labute approximate surface area is 159 Å². The lowest BCUT2D eigenvalue weighted by Crippen LogP contribution is -2.65. The molecular weight excluding hydrogens is 340 g/mol. The molecule has 1 saturated carbocycles. The lowest BCUT2D eigenvalue weighted by molar-refractivity contribution is -0.132. The minimum atomic E-state index is -0.803. The maximum absolute atomic E-state index is 12.3. The van der Waals surface area contributed by atoms with Crippen molar-refractivity contribution < 1.29 is 14.3 Å². The minimum Gasteiger partial charge on any atom is -0.373 e. The van der Waals surface area contributed by atoms with E-state index in [0.717, 1.165) is 11.1 Å². The van der Waals surface area contributed by atoms with Gasteiger partial charge in [-0.05, 0) is 37.8 Å². The molecule has 1 spiro atoms. The highest BCUT2D eigenvalue weighted by Crippen LogP contribution is 2.52. The molecule has 1 atom stereocenters. The van der Waals surface area contributed by atoms with Crippen molar-refractivity contribution in [2.75, 3.05) is 6.61 Å². The maximum atomic E-state index is 12.3. The van der Waals surface area contributed by atoms with Crippen LogP contribution in [0.4, 0.5) is 4.79 Å². The molecule has 1 aliphatic carbocycles. The molecule has 27 heavy (non-hydrogen) atoms. The van der Waals surface area contributed by atoms with Gasteiger partial charge in [-0.1, -0.05) is 60.2 Å². The molecule has 140 valence electrons. The van der Waals surface area contributed by atoms with Gasteiger partial charge >= 0.3 is 6.03 Å². The van der Waals surface area contributed by atoms with E-state index in [4.69, 9.17) is 4.74 Å². The van der Waals surface area contributed by atoms with Gasteiger partial charge in [-0.2, -0.15) is 0 Å². The first-order chi connectivity index (χ1) is 12.9. The van der Waals surface area contributed by atoms with E-state index in [0.29, 0.717) is 19.4 Å². The molecule has 1 unspecified atom stereocenters. The molecule has 2 aromatic rings. The molecule has 2 aliphatic rings. The summed E-state index contributed by atoms with van der Waals surface area (Å²) in [6, 6.07) is 18.0.